The van der Waals surface area contributed by atoms with Gasteiger partial charge in [0.1, 0.15) is 0 Å². The first-order valence-corrected chi connectivity index (χ1v) is 8.70. The molecule has 22 heavy (non-hydrogen) atoms. The topological polar surface area (TPSA) is 67.4 Å². The third-order valence-corrected chi connectivity index (χ3v) is 6.17. The van der Waals surface area contributed by atoms with Crippen LogP contribution in [0, 0.1) is 23.7 Å². The summed E-state index contributed by atoms with van der Waals surface area (Å²) in [4.78, 5) is 23.7. The van der Waals surface area contributed by atoms with Crippen LogP contribution in [0.5, 0.6) is 0 Å². The molecule has 5 nitrogen and oxygen atoms in total. The first-order chi connectivity index (χ1) is 10.6. The molecular weight excluding hydrogens is 280 g/mol. The first kappa shape index (κ1) is 15.8. The summed E-state index contributed by atoms with van der Waals surface area (Å²) in [5, 5.41) is 5.46. The van der Waals surface area contributed by atoms with E-state index in [1.807, 2.05) is 6.92 Å². The van der Waals surface area contributed by atoms with Crippen molar-refractivity contribution in [2.45, 2.75) is 51.0 Å². The van der Waals surface area contributed by atoms with Crippen LogP contribution in [-0.2, 0) is 14.3 Å². The van der Waals surface area contributed by atoms with E-state index in [9.17, 15) is 9.59 Å². The maximum Gasteiger partial charge on any atom is 0.309 e. The minimum absolute atomic E-state index is 0.256. The Bertz CT molecular complexity index is 421. The average Bonchev–Trinajstić information content (AvgIpc) is 2.51. The fraction of sp³-hybridized carbons (Fsp3) is 0.882. The minimum Gasteiger partial charge on any atom is -0.376 e. The third kappa shape index (κ3) is 2.64. The monoisotopic (exact) mass is 308 g/mol. The number of amides is 2. The second-order valence-corrected chi connectivity index (χ2v) is 7.40. The zero-order chi connectivity index (χ0) is 15.7. The van der Waals surface area contributed by atoms with Gasteiger partial charge in [0.25, 0.3) is 0 Å². The molecule has 0 spiro atoms. The van der Waals surface area contributed by atoms with Crippen LogP contribution in [0.3, 0.4) is 0 Å². The number of carbonyl (C=O) groups excluding carboxylic acids is 2. The van der Waals surface area contributed by atoms with Crippen molar-refractivity contribution in [2.24, 2.45) is 23.7 Å². The van der Waals surface area contributed by atoms with Gasteiger partial charge in [-0.2, -0.15) is 0 Å². The lowest BCUT2D eigenvalue weighted by molar-refractivity contribution is -0.188. The summed E-state index contributed by atoms with van der Waals surface area (Å²) >= 11 is 0. The fourth-order valence-corrected chi connectivity index (χ4v) is 5.29. The molecule has 2 amide bonds. The third-order valence-electron chi connectivity index (χ3n) is 6.17. The summed E-state index contributed by atoms with van der Waals surface area (Å²) in [6.45, 7) is 2.97. The lowest BCUT2D eigenvalue weighted by Crippen LogP contribution is -2.63. The molecule has 0 atom stereocenters. The molecule has 0 heterocycles. The molecule has 0 aromatic rings. The highest BCUT2D eigenvalue weighted by Crippen LogP contribution is 2.59. The van der Waals surface area contributed by atoms with Crippen molar-refractivity contribution in [1.29, 1.82) is 0 Å². The van der Waals surface area contributed by atoms with E-state index in [1.165, 1.54) is 32.1 Å². The summed E-state index contributed by atoms with van der Waals surface area (Å²) in [5.74, 6) is 1.72. The van der Waals surface area contributed by atoms with E-state index < -0.39 is 11.8 Å². The maximum absolute atomic E-state index is 12.0. The van der Waals surface area contributed by atoms with Gasteiger partial charge < -0.3 is 15.4 Å². The Morgan fingerprint density at radius 1 is 1.00 bits per heavy atom. The van der Waals surface area contributed by atoms with Gasteiger partial charge in [0.15, 0.2) is 0 Å². The van der Waals surface area contributed by atoms with Crippen molar-refractivity contribution in [2.75, 3.05) is 20.2 Å². The highest BCUT2D eigenvalue weighted by atomic mass is 16.5. The Kier molecular flexibility index (Phi) is 4.44. The largest absolute Gasteiger partial charge is 0.376 e. The molecule has 4 aliphatic rings. The maximum atomic E-state index is 12.0. The van der Waals surface area contributed by atoms with Crippen molar-refractivity contribution >= 4 is 11.8 Å². The molecular formula is C17H28N2O3. The van der Waals surface area contributed by atoms with Gasteiger partial charge in [0.05, 0.1) is 5.60 Å². The fourth-order valence-electron chi connectivity index (χ4n) is 5.29. The van der Waals surface area contributed by atoms with E-state index in [0.717, 1.165) is 18.3 Å². The number of hydrogen-bond donors (Lipinski definition) is 2. The second-order valence-electron chi connectivity index (χ2n) is 7.40. The Balaban J connectivity index is 1.62. The molecule has 2 N–H and O–H groups in total. The molecule has 0 aromatic heterocycles. The zero-order valence-corrected chi connectivity index (χ0v) is 13.7. The van der Waals surface area contributed by atoms with E-state index in [-0.39, 0.29) is 5.60 Å². The van der Waals surface area contributed by atoms with Gasteiger partial charge in [-0.15, -0.1) is 0 Å². The molecule has 0 aliphatic heterocycles. The van der Waals surface area contributed by atoms with Crippen LogP contribution in [0.25, 0.3) is 0 Å². The summed E-state index contributed by atoms with van der Waals surface area (Å²) < 4.78 is 5.98. The van der Waals surface area contributed by atoms with Crippen LogP contribution >= 0.6 is 0 Å². The lowest BCUT2D eigenvalue weighted by atomic mass is 9.49. The van der Waals surface area contributed by atoms with E-state index >= 15 is 0 Å². The number of nitrogens with one attached hydrogen (secondary N) is 2. The van der Waals surface area contributed by atoms with Crippen molar-refractivity contribution < 1.29 is 14.3 Å². The Morgan fingerprint density at radius 3 is 2.05 bits per heavy atom. The SMILES string of the molecule is CCCNC(=O)C(=O)NCC1(OC)C2CC3CC(C2)CC1C3. The summed E-state index contributed by atoms with van der Waals surface area (Å²) in [7, 11) is 1.77. The Labute approximate surface area is 132 Å². The van der Waals surface area contributed by atoms with Crippen LogP contribution in [0.15, 0.2) is 0 Å². The Morgan fingerprint density at radius 2 is 1.55 bits per heavy atom. The zero-order valence-electron chi connectivity index (χ0n) is 13.7. The van der Waals surface area contributed by atoms with Crippen LogP contribution in [0.2, 0.25) is 0 Å². The smallest absolute Gasteiger partial charge is 0.309 e. The van der Waals surface area contributed by atoms with E-state index in [1.54, 1.807) is 7.11 Å². The van der Waals surface area contributed by atoms with Gasteiger partial charge in [-0.3, -0.25) is 9.59 Å². The molecule has 4 bridgehead atoms. The molecule has 0 radical (unpaired) electrons. The van der Waals surface area contributed by atoms with Crippen LogP contribution in [0.4, 0.5) is 0 Å². The predicted molar refractivity (Wildman–Crippen MR) is 83.1 cm³/mol. The minimum atomic E-state index is -0.531. The number of methoxy groups -OCH3 is 1. The molecule has 0 unspecified atom stereocenters. The quantitative estimate of drug-likeness (QED) is 0.756. The summed E-state index contributed by atoms with van der Waals surface area (Å²) in [6, 6.07) is 0. The lowest BCUT2D eigenvalue weighted by Gasteiger charge is -2.60. The van der Waals surface area contributed by atoms with Gasteiger partial charge in [0.2, 0.25) is 0 Å². The molecule has 0 aromatic carbocycles. The first-order valence-electron chi connectivity index (χ1n) is 8.70. The Hall–Kier alpha value is -1.10. The number of hydrogen-bond acceptors (Lipinski definition) is 3. The molecule has 4 saturated carbocycles. The summed E-state index contributed by atoms with van der Waals surface area (Å²) in [6.07, 6.45) is 7.10. The van der Waals surface area contributed by atoms with Crippen molar-refractivity contribution in [3.05, 3.63) is 0 Å². The van der Waals surface area contributed by atoms with Crippen LogP contribution < -0.4 is 10.6 Å². The standard InChI is InChI=1S/C17H28N2O3/c1-3-4-18-15(20)16(21)19-10-17(22-2)13-6-11-5-12(8-13)9-14(17)7-11/h11-14H,3-10H2,1-2H3,(H,18,20)(H,19,21). The van der Waals surface area contributed by atoms with E-state index in [0.29, 0.717) is 24.9 Å². The van der Waals surface area contributed by atoms with Gasteiger partial charge in [0, 0.05) is 20.2 Å². The summed E-state index contributed by atoms with van der Waals surface area (Å²) in [5.41, 5.74) is -0.256. The van der Waals surface area contributed by atoms with Gasteiger partial charge in [-0.25, -0.2) is 0 Å². The van der Waals surface area contributed by atoms with Crippen molar-refractivity contribution in [3.63, 3.8) is 0 Å². The van der Waals surface area contributed by atoms with Gasteiger partial charge >= 0.3 is 11.8 Å². The number of ether oxygens (including phenoxy) is 1. The molecule has 4 fully saturated rings. The molecule has 5 heteroatoms. The molecule has 124 valence electrons. The molecule has 0 saturated heterocycles. The highest BCUT2D eigenvalue weighted by Gasteiger charge is 2.57. The van der Waals surface area contributed by atoms with Crippen LogP contribution in [-0.4, -0.2) is 37.6 Å². The molecule has 4 aliphatic carbocycles. The van der Waals surface area contributed by atoms with E-state index in [2.05, 4.69) is 10.6 Å². The second kappa shape index (κ2) is 6.19. The van der Waals surface area contributed by atoms with Crippen molar-refractivity contribution in [3.8, 4) is 0 Å². The highest BCUT2D eigenvalue weighted by molar-refractivity contribution is 6.35. The molecule has 4 rings (SSSR count). The van der Waals surface area contributed by atoms with Crippen molar-refractivity contribution in [1.82, 2.24) is 10.6 Å². The van der Waals surface area contributed by atoms with Crippen LogP contribution in [0.1, 0.15) is 45.4 Å². The normalized spacial score (nSPS) is 38.8. The average molecular weight is 308 g/mol. The van der Waals surface area contributed by atoms with E-state index in [4.69, 9.17) is 4.74 Å². The number of carbonyl (C=O) groups is 2. The predicted octanol–water partition coefficient (Wildman–Crippen LogP) is 1.47. The van der Waals surface area contributed by atoms with Gasteiger partial charge in [-0.05, 0) is 62.2 Å². The van der Waals surface area contributed by atoms with Gasteiger partial charge in [-0.1, -0.05) is 6.92 Å². The number of rotatable bonds is 5.